The minimum Gasteiger partial charge on any atom is -0.481 e. The number of aliphatic hydroxyl groups is 1. The van der Waals surface area contributed by atoms with E-state index in [4.69, 9.17) is 0 Å². The fourth-order valence-corrected chi connectivity index (χ4v) is 15.5. The summed E-state index contributed by atoms with van der Waals surface area (Å²) in [4.78, 5) is 12.0. The highest BCUT2D eigenvalue weighted by molar-refractivity contribution is 5.75. The van der Waals surface area contributed by atoms with E-state index in [1.54, 1.807) is 0 Å². The van der Waals surface area contributed by atoms with Crippen LogP contribution in [0.3, 0.4) is 0 Å². The zero-order valence-electron chi connectivity index (χ0n) is 33.0. The topological polar surface area (TPSA) is 69.6 Å². The van der Waals surface area contributed by atoms with Gasteiger partial charge in [-0.1, -0.05) is 58.9 Å². The highest BCUT2D eigenvalue weighted by Gasteiger charge is 2.70. The number of carboxylic acid groups (broad SMARTS) is 1. The monoisotopic (exact) mass is 704 g/mol. The number of alkyl halides is 1. The molecular weight excluding hydrogens is 634 g/mol. The highest BCUT2D eigenvalue weighted by atomic mass is 19.1. The molecule has 0 amide bonds. The molecule has 6 saturated carbocycles. The maximum Gasteiger partial charge on any atom is 0.312 e. The summed E-state index contributed by atoms with van der Waals surface area (Å²) >= 11 is 0. The molecule has 8 rings (SSSR count). The van der Waals surface area contributed by atoms with E-state index in [9.17, 15) is 19.4 Å². The Hall–Kier alpha value is -1.46. The van der Waals surface area contributed by atoms with E-state index in [0.717, 1.165) is 19.4 Å². The molecule has 0 aromatic heterocycles. The SMILES string of the molecule is C=C(C)[C@@H]1CC[C@]2(NCCC(O)(C3CC3)C3CC3)CC[C@]3(C)[C@H](CC[C@@H]4[C@@]5(C)CC=C(C6=CC[C@](CF)(C(=O)O)CC6)C(C)(C)[C@@H]5CC[C@]43C)[C@@H]12. The molecule has 10 atom stereocenters. The molecule has 284 valence electrons. The molecule has 0 unspecified atom stereocenters. The number of carbonyl (C=O) groups is 1. The van der Waals surface area contributed by atoms with Gasteiger partial charge < -0.3 is 15.5 Å². The van der Waals surface area contributed by atoms with Crippen LogP contribution in [0.15, 0.2) is 35.5 Å². The molecule has 0 aliphatic heterocycles. The zero-order valence-corrected chi connectivity index (χ0v) is 33.0. The average molecular weight is 704 g/mol. The van der Waals surface area contributed by atoms with Gasteiger partial charge in [-0.2, -0.15) is 0 Å². The van der Waals surface area contributed by atoms with Gasteiger partial charge in [0.2, 0.25) is 0 Å². The molecule has 8 aliphatic carbocycles. The smallest absolute Gasteiger partial charge is 0.312 e. The molecule has 0 saturated heterocycles. The molecule has 0 radical (unpaired) electrons. The molecule has 0 spiro atoms. The normalized spacial score (nSPS) is 46.2. The van der Waals surface area contributed by atoms with E-state index < -0.39 is 23.7 Å². The van der Waals surface area contributed by atoms with Crippen LogP contribution in [0.25, 0.3) is 0 Å². The lowest BCUT2D eigenvalue weighted by Crippen LogP contribution is -2.68. The van der Waals surface area contributed by atoms with Crippen molar-refractivity contribution in [3.05, 3.63) is 35.5 Å². The van der Waals surface area contributed by atoms with Gasteiger partial charge in [0.1, 0.15) is 6.67 Å². The van der Waals surface area contributed by atoms with E-state index in [1.807, 2.05) is 0 Å². The van der Waals surface area contributed by atoms with E-state index in [1.165, 1.54) is 93.8 Å². The first-order valence-electron chi connectivity index (χ1n) is 21.3. The fourth-order valence-electron chi connectivity index (χ4n) is 15.5. The lowest BCUT2D eigenvalue weighted by molar-refractivity contribution is -0.221. The summed E-state index contributed by atoms with van der Waals surface area (Å²) in [5.41, 5.74) is 3.38. The van der Waals surface area contributed by atoms with E-state index in [-0.39, 0.29) is 27.2 Å². The van der Waals surface area contributed by atoms with Gasteiger partial charge in [-0.05, 0) is 197 Å². The van der Waals surface area contributed by atoms with Gasteiger partial charge in [-0.15, -0.1) is 0 Å². The number of aliphatic carboxylic acids is 1. The van der Waals surface area contributed by atoms with Crippen molar-refractivity contribution in [3.63, 3.8) is 0 Å². The van der Waals surface area contributed by atoms with Gasteiger partial charge in [-0.25, -0.2) is 4.39 Å². The van der Waals surface area contributed by atoms with Gasteiger partial charge in [0.25, 0.3) is 0 Å². The van der Waals surface area contributed by atoms with Gasteiger partial charge in [0, 0.05) is 5.54 Å². The Bertz CT molecular complexity index is 1490. The second kappa shape index (κ2) is 12.0. The predicted molar refractivity (Wildman–Crippen MR) is 204 cm³/mol. The molecule has 0 aromatic rings. The van der Waals surface area contributed by atoms with E-state index in [2.05, 4.69) is 65.6 Å². The molecule has 0 aromatic carbocycles. The van der Waals surface area contributed by atoms with Crippen molar-refractivity contribution in [2.45, 2.75) is 162 Å². The molecule has 0 bridgehead atoms. The Balaban J connectivity index is 1.06. The Morgan fingerprint density at radius 2 is 1.59 bits per heavy atom. The van der Waals surface area contributed by atoms with Crippen molar-refractivity contribution >= 4 is 5.97 Å². The summed E-state index contributed by atoms with van der Waals surface area (Å²) in [6.45, 7) is 20.1. The van der Waals surface area contributed by atoms with Gasteiger partial charge in [-0.3, -0.25) is 4.79 Å². The van der Waals surface area contributed by atoms with Gasteiger partial charge in [0.05, 0.1) is 11.0 Å². The van der Waals surface area contributed by atoms with Gasteiger partial charge >= 0.3 is 5.97 Å². The number of hydrogen-bond donors (Lipinski definition) is 3. The maximum atomic E-state index is 14.0. The molecular formula is C46H70FNO3. The summed E-state index contributed by atoms with van der Waals surface area (Å²) in [5.74, 6) is 3.25. The Morgan fingerprint density at radius 1 is 0.882 bits per heavy atom. The number of hydrogen-bond acceptors (Lipinski definition) is 3. The van der Waals surface area contributed by atoms with Crippen LogP contribution in [-0.4, -0.2) is 40.5 Å². The minimum absolute atomic E-state index is 0.00184. The number of rotatable bonds is 10. The molecule has 8 aliphatic rings. The Labute approximate surface area is 309 Å². The van der Waals surface area contributed by atoms with Crippen molar-refractivity contribution in [2.24, 2.45) is 68.5 Å². The Morgan fingerprint density at radius 3 is 2.18 bits per heavy atom. The van der Waals surface area contributed by atoms with E-state index >= 15 is 0 Å². The second-order valence-electron chi connectivity index (χ2n) is 21.3. The van der Waals surface area contributed by atoms with Crippen molar-refractivity contribution in [2.75, 3.05) is 13.2 Å². The van der Waals surface area contributed by atoms with Crippen molar-refractivity contribution in [1.29, 1.82) is 0 Å². The van der Waals surface area contributed by atoms with Crippen LogP contribution in [0.2, 0.25) is 0 Å². The first-order valence-corrected chi connectivity index (χ1v) is 21.3. The Kier molecular flexibility index (Phi) is 8.60. The largest absolute Gasteiger partial charge is 0.481 e. The minimum atomic E-state index is -1.25. The summed E-state index contributed by atoms with van der Waals surface area (Å²) in [7, 11) is 0. The second-order valence-corrected chi connectivity index (χ2v) is 21.3. The average Bonchev–Trinajstić information content (AvgIpc) is 4.01. The van der Waals surface area contributed by atoms with Crippen LogP contribution in [-0.2, 0) is 4.79 Å². The third-order valence-electron chi connectivity index (χ3n) is 18.9. The van der Waals surface area contributed by atoms with E-state index in [0.29, 0.717) is 60.7 Å². The van der Waals surface area contributed by atoms with Crippen molar-refractivity contribution < 1.29 is 19.4 Å². The van der Waals surface area contributed by atoms with Crippen LogP contribution in [0, 0.1) is 68.5 Å². The van der Waals surface area contributed by atoms with Crippen molar-refractivity contribution in [3.8, 4) is 0 Å². The standard InChI is InChI=1S/C46H70FNO3/c1-29(2)33-16-23-45(48-27-26-46(51,31-8-9-31)32-10-11-32)25-24-42(6)35(38(33)45)12-13-37-41(5)19-17-34(40(3,4)36(41)18-20-43(37,42)7)30-14-21-44(28-47,22-15-30)39(49)50/h14,17,31-33,35-38,48,51H,1,8-13,15-16,18-28H2,2-7H3,(H,49,50)/t33-,35+,36-,37+,38+,41-,42+,43+,44-,45-/m0/s1. The number of halogens is 1. The van der Waals surface area contributed by atoms with Crippen molar-refractivity contribution in [1.82, 2.24) is 5.32 Å². The number of nitrogens with one attached hydrogen (secondary N) is 1. The first kappa shape index (κ1) is 36.5. The first-order chi connectivity index (χ1) is 24.0. The zero-order chi connectivity index (χ0) is 36.4. The third kappa shape index (κ3) is 5.17. The van der Waals surface area contributed by atoms with Crippen LogP contribution in [0.4, 0.5) is 4.39 Å². The molecule has 5 heteroatoms. The lowest BCUT2D eigenvalue weighted by atomic mass is 9.33. The lowest BCUT2D eigenvalue weighted by Gasteiger charge is -2.72. The van der Waals surface area contributed by atoms with Gasteiger partial charge in [0.15, 0.2) is 0 Å². The molecule has 3 N–H and O–H groups in total. The quantitative estimate of drug-likeness (QED) is 0.198. The number of allylic oxidation sites excluding steroid dienone is 5. The fraction of sp³-hybridized carbons (Fsp3) is 0.848. The summed E-state index contributed by atoms with van der Waals surface area (Å²) in [6.07, 6.45) is 23.1. The maximum absolute atomic E-state index is 14.0. The highest BCUT2D eigenvalue weighted by Crippen LogP contribution is 2.76. The summed E-state index contributed by atoms with van der Waals surface area (Å²) in [5, 5.41) is 25.9. The number of fused-ring (bicyclic) bond motifs is 7. The number of carboxylic acids is 1. The third-order valence-corrected chi connectivity index (χ3v) is 18.9. The van der Waals surface area contributed by atoms with Crippen LogP contribution >= 0.6 is 0 Å². The molecule has 4 nitrogen and oxygen atoms in total. The molecule has 6 fully saturated rings. The van der Waals surface area contributed by atoms with Crippen LogP contribution in [0.1, 0.15) is 151 Å². The molecule has 0 heterocycles. The van der Waals surface area contributed by atoms with Crippen LogP contribution < -0.4 is 5.32 Å². The summed E-state index contributed by atoms with van der Waals surface area (Å²) in [6, 6.07) is 0. The summed E-state index contributed by atoms with van der Waals surface area (Å²) < 4.78 is 14.0. The predicted octanol–water partition coefficient (Wildman–Crippen LogP) is 10.6. The molecule has 51 heavy (non-hydrogen) atoms. The van der Waals surface area contributed by atoms with Crippen LogP contribution in [0.5, 0.6) is 0 Å².